The van der Waals surface area contributed by atoms with Crippen LogP contribution in [-0.2, 0) is 17.1 Å². The summed E-state index contributed by atoms with van der Waals surface area (Å²) in [5.74, 6) is -0.253. The van der Waals surface area contributed by atoms with Crippen molar-refractivity contribution in [3.8, 4) is 5.69 Å². The zero-order chi connectivity index (χ0) is 22.0. The lowest BCUT2D eigenvalue weighted by molar-refractivity contribution is -0.143. The fourth-order valence-corrected chi connectivity index (χ4v) is 2.61. The van der Waals surface area contributed by atoms with Crippen molar-refractivity contribution in [3.05, 3.63) is 41.7 Å². The van der Waals surface area contributed by atoms with Crippen LogP contribution in [0.2, 0.25) is 0 Å². The van der Waals surface area contributed by atoms with E-state index < -0.39 is 23.7 Å². The van der Waals surface area contributed by atoms with Gasteiger partial charge in [-0.3, -0.25) is 4.79 Å². The number of hydrogen-bond donors (Lipinski definition) is 1. The molecule has 0 aliphatic rings. The van der Waals surface area contributed by atoms with Crippen LogP contribution in [0, 0.1) is 5.41 Å². The van der Waals surface area contributed by atoms with E-state index in [-0.39, 0.29) is 34.2 Å². The van der Waals surface area contributed by atoms with Gasteiger partial charge in [0.15, 0.2) is 5.69 Å². The van der Waals surface area contributed by atoms with Crippen LogP contribution in [0.15, 0.2) is 30.3 Å². The highest BCUT2D eigenvalue weighted by molar-refractivity contribution is 5.90. The summed E-state index contributed by atoms with van der Waals surface area (Å²) in [6.07, 6.45) is -8.22. The van der Waals surface area contributed by atoms with Crippen LogP contribution in [0.4, 0.5) is 32.0 Å². The average molecular weight is 421 g/mol. The third-order valence-corrected chi connectivity index (χ3v) is 4.02. The van der Waals surface area contributed by atoms with E-state index in [4.69, 9.17) is 0 Å². The fourth-order valence-electron chi connectivity index (χ4n) is 2.61. The molecule has 2 aromatic rings. The lowest BCUT2D eigenvalue weighted by Crippen LogP contribution is -2.14. The Labute approximate surface area is 163 Å². The maximum Gasteiger partial charge on any atom is 0.435 e. The summed E-state index contributed by atoms with van der Waals surface area (Å²) >= 11 is 0. The predicted octanol–water partition coefficient (Wildman–Crippen LogP) is 6.06. The van der Waals surface area contributed by atoms with Crippen LogP contribution in [0.1, 0.15) is 51.4 Å². The molecular weight excluding hydrogens is 400 g/mol. The van der Waals surface area contributed by atoms with Gasteiger partial charge in [0.25, 0.3) is 0 Å². The summed E-state index contributed by atoms with van der Waals surface area (Å²) in [7, 11) is 0. The Balaban J connectivity index is 2.16. The number of carbonyl (C=O) groups excluding carboxylic acids is 1. The van der Waals surface area contributed by atoms with Crippen molar-refractivity contribution in [1.29, 1.82) is 0 Å². The second kappa shape index (κ2) is 8.08. The molecule has 1 N–H and O–H groups in total. The van der Waals surface area contributed by atoms with E-state index in [1.807, 2.05) is 0 Å². The first-order chi connectivity index (χ1) is 13.2. The molecule has 0 bridgehead atoms. The number of halogens is 6. The summed E-state index contributed by atoms with van der Waals surface area (Å²) in [6, 6.07) is 4.91. The number of alkyl halides is 6. The average Bonchev–Trinajstić information content (AvgIpc) is 3.00. The van der Waals surface area contributed by atoms with Gasteiger partial charge < -0.3 is 5.32 Å². The fraction of sp³-hybridized carbons (Fsp3) is 0.474. The molecule has 0 saturated heterocycles. The van der Waals surface area contributed by atoms with Crippen LogP contribution < -0.4 is 5.32 Å². The SMILES string of the molecule is CC(C)(C)CCCC(=O)Nc1ccc(-n2nc(C(F)(F)F)cc2C(F)(F)F)cc1. The molecule has 0 aliphatic heterocycles. The number of anilines is 1. The predicted molar refractivity (Wildman–Crippen MR) is 95.5 cm³/mol. The van der Waals surface area contributed by atoms with Gasteiger partial charge in [-0.1, -0.05) is 20.8 Å². The van der Waals surface area contributed by atoms with Crippen LogP contribution >= 0.6 is 0 Å². The Hall–Kier alpha value is -2.52. The highest BCUT2D eigenvalue weighted by Gasteiger charge is 2.42. The van der Waals surface area contributed by atoms with Gasteiger partial charge in [-0.2, -0.15) is 31.4 Å². The first kappa shape index (κ1) is 22.8. The molecule has 1 aromatic carbocycles. The van der Waals surface area contributed by atoms with Crippen molar-refractivity contribution in [2.45, 2.75) is 52.4 Å². The zero-order valence-electron chi connectivity index (χ0n) is 16.1. The van der Waals surface area contributed by atoms with E-state index >= 15 is 0 Å². The molecule has 0 radical (unpaired) electrons. The van der Waals surface area contributed by atoms with Gasteiger partial charge in [-0.15, -0.1) is 0 Å². The van der Waals surface area contributed by atoms with Gasteiger partial charge in [0, 0.05) is 18.2 Å². The molecule has 0 saturated carbocycles. The van der Waals surface area contributed by atoms with E-state index in [0.29, 0.717) is 12.1 Å². The monoisotopic (exact) mass is 421 g/mol. The molecule has 0 atom stereocenters. The van der Waals surface area contributed by atoms with Crippen molar-refractivity contribution in [1.82, 2.24) is 9.78 Å². The van der Waals surface area contributed by atoms with Crippen molar-refractivity contribution in [2.24, 2.45) is 5.41 Å². The number of nitrogens with one attached hydrogen (secondary N) is 1. The highest BCUT2D eigenvalue weighted by atomic mass is 19.4. The van der Waals surface area contributed by atoms with E-state index in [1.54, 1.807) is 0 Å². The molecular formula is C19H21F6N3O. The Morgan fingerprint density at radius 3 is 2.07 bits per heavy atom. The maximum atomic E-state index is 13.1. The molecule has 160 valence electrons. The number of aromatic nitrogens is 2. The number of rotatable bonds is 5. The first-order valence-electron chi connectivity index (χ1n) is 8.81. The molecule has 1 amide bonds. The number of amides is 1. The topological polar surface area (TPSA) is 46.9 Å². The lowest BCUT2D eigenvalue weighted by Gasteiger charge is -2.17. The smallest absolute Gasteiger partial charge is 0.326 e. The highest BCUT2D eigenvalue weighted by Crippen LogP contribution is 2.36. The van der Waals surface area contributed by atoms with Crippen molar-refractivity contribution in [2.75, 3.05) is 5.32 Å². The molecule has 0 aliphatic carbocycles. The summed E-state index contributed by atoms with van der Waals surface area (Å²) in [6.45, 7) is 6.16. The van der Waals surface area contributed by atoms with Gasteiger partial charge >= 0.3 is 12.4 Å². The van der Waals surface area contributed by atoms with Gasteiger partial charge in [0.1, 0.15) is 5.69 Å². The van der Waals surface area contributed by atoms with E-state index in [0.717, 1.165) is 18.6 Å². The molecule has 4 nitrogen and oxygen atoms in total. The molecule has 0 fully saturated rings. The quantitative estimate of drug-likeness (QED) is 0.596. The minimum absolute atomic E-state index is 0.0368. The Bertz CT molecular complexity index is 845. The van der Waals surface area contributed by atoms with Crippen LogP contribution in [-0.4, -0.2) is 15.7 Å². The molecule has 0 spiro atoms. The van der Waals surface area contributed by atoms with Gasteiger partial charge in [-0.25, -0.2) is 4.68 Å². The minimum atomic E-state index is -5.02. The largest absolute Gasteiger partial charge is 0.435 e. The lowest BCUT2D eigenvalue weighted by atomic mass is 9.90. The number of carbonyl (C=O) groups is 1. The minimum Gasteiger partial charge on any atom is -0.326 e. The summed E-state index contributed by atoms with van der Waals surface area (Å²) in [5.41, 5.74) is -2.97. The Morgan fingerprint density at radius 1 is 1.00 bits per heavy atom. The van der Waals surface area contributed by atoms with E-state index in [9.17, 15) is 31.1 Å². The normalized spacial score (nSPS) is 12.9. The molecule has 2 rings (SSSR count). The third-order valence-electron chi connectivity index (χ3n) is 4.02. The number of benzene rings is 1. The van der Waals surface area contributed by atoms with Crippen molar-refractivity contribution >= 4 is 11.6 Å². The molecule has 1 aromatic heterocycles. The third kappa shape index (κ3) is 6.50. The van der Waals surface area contributed by atoms with E-state index in [1.165, 1.54) is 12.1 Å². The number of nitrogens with zero attached hydrogens (tertiary/aromatic N) is 2. The molecule has 29 heavy (non-hydrogen) atoms. The first-order valence-corrected chi connectivity index (χ1v) is 8.81. The Kier molecular flexibility index (Phi) is 6.34. The second-order valence-corrected chi connectivity index (χ2v) is 7.83. The summed E-state index contributed by atoms with van der Waals surface area (Å²) in [5, 5.41) is 5.67. The molecule has 10 heteroatoms. The Morgan fingerprint density at radius 2 is 1.59 bits per heavy atom. The van der Waals surface area contributed by atoms with Crippen molar-refractivity contribution < 1.29 is 31.1 Å². The molecule has 0 unspecified atom stereocenters. The van der Waals surface area contributed by atoms with Crippen LogP contribution in [0.25, 0.3) is 5.69 Å². The number of hydrogen-bond acceptors (Lipinski definition) is 2. The standard InChI is InChI=1S/C19H21F6N3O/c1-17(2,3)10-4-5-16(29)26-12-6-8-13(9-7-12)28-15(19(23,24)25)11-14(27-28)18(20,21)22/h6-9,11H,4-5,10H2,1-3H3,(H,26,29). The van der Waals surface area contributed by atoms with Gasteiger partial charge in [-0.05, 0) is 42.5 Å². The van der Waals surface area contributed by atoms with Crippen molar-refractivity contribution in [3.63, 3.8) is 0 Å². The summed E-state index contributed by atoms with van der Waals surface area (Å²) < 4.78 is 77.8. The zero-order valence-corrected chi connectivity index (χ0v) is 16.1. The maximum absolute atomic E-state index is 13.1. The van der Waals surface area contributed by atoms with Crippen LogP contribution in [0.3, 0.4) is 0 Å². The second-order valence-electron chi connectivity index (χ2n) is 7.83. The van der Waals surface area contributed by atoms with Gasteiger partial charge in [0.05, 0.1) is 5.69 Å². The summed E-state index contributed by atoms with van der Waals surface area (Å²) in [4.78, 5) is 12.0. The van der Waals surface area contributed by atoms with Gasteiger partial charge in [0.2, 0.25) is 5.91 Å². The molecule has 1 heterocycles. The van der Waals surface area contributed by atoms with E-state index in [2.05, 4.69) is 31.2 Å². The van der Waals surface area contributed by atoms with Crippen LogP contribution in [0.5, 0.6) is 0 Å².